The first-order chi connectivity index (χ1) is 14.5. The molecule has 0 aromatic carbocycles. The summed E-state index contributed by atoms with van der Waals surface area (Å²) in [6.45, 7) is 15.4. The average molecular weight is 431 g/mol. The van der Waals surface area contributed by atoms with Crippen LogP contribution in [0.25, 0.3) is 0 Å². The highest BCUT2D eigenvalue weighted by Crippen LogP contribution is 2.34. The van der Waals surface area contributed by atoms with E-state index >= 15 is 0 Å². The molecular weight excluding hydrogens is 388 g/mol. The maximum Gasteiger partial charge on any atom is 0.313 e. The Balaban J connectivity index is 2.87. The summed E-state index contributed by atoms with van der Waals surface area (Å²) >= 11 is 0. The fourth-order valence-corrected chi connectivity index (χ4v) is 3.95. The van der Waals surface area contributed by atoms with Crippen molar-refractivity contribution in [3.05, 3.63) is 47.1 Å². The predicted octanol–water partition coefficient (Wildman–Crippen LogP) is 5.97. The number of esters is 1. The number of unbranched alkanes of at least 4 members (excludes halogenated alkanes) is 1. The second kappa shape index (κ2) is 12.8. The minimum Gasteiger partial charge on any atom is -0.457 e. The number of cyclic esters (lactones) is 1. The maximum absolute atomic E-state index is 12.5. The Bertz CT molecular complexity index is 740. The van der Waals surface area contributed by atoms with Crippen LogP contribution in [0.5, 0.6) is 0 Å². The molecule has 0 aromatic rings. The van der Waals surface area contributed by atoms with Gasteiger partial charge in [0.1, 0.15) is 11.9 Å². The summed E-state index contributed by atoms with van der Waals surface area (Å²) in [6.07, 6.45) is 12.7. The minimum atomic E-state index is -0.821. The lowest BCUT2D eigenvalue weighted by Gasteiger charge is -2.17. The van der Waals surface area contributed by atoms with Crippen molar-refractivity contribution in [2.75, 3.05) is 0 Å². The van der Waals surface area contributed by atoms with Crippen LogP contribution in [-0.4, -0.2) is 29.1 Å². The van der Waals surface area contributed by atoms with Crippen molar-refractivity contribution < 1.29 is 19.4 Å². The molecule has 1 aliphatic rings. The SMILES string of the molecule is CCCC[C@H](C)/C=C/C=C(\C)[C@H]1OC(=O)[C@@H](/C=C(C)/C=C(\C)[C@H](O)[C@@H](C)C(C)=O)[C@@H]1C. The number of carbonyl (C=O) groups excluding carboxylic acids is 2. The van der Waals surface area contributed by atoms with Crippen molar-refractivity contribution in [2.45, 2.75) is 86.9 Å². The summed E-state index contributed by atoms with van der Waals surface area (Å²) in [5, 5.41) is 10.3. The predicted molar refractivity (Wildman–Crippen MR) is 127 cm³/mol. The Kier molecular flexibility index (Phi) is 11.2. The van der Waals surface area contributed by atoms with E-state index in [2.05, 4.69) is 32.1 Å². The molecule has 1 rings (SSSR count). The fraction of sp³-hybridized carbons (Fsp3) is 0.630. The van der Waals surface area contributed by atoms with E-state index in [4.69, 9.17) is 4.74 Å². The zero-order valence-corrected chi connectivity index (χ0v) is 20.6. The highest BCUT2D eigenvalue weighted by atomic mass is 16.6. The van der Waals surface area contributed by atoms with Crippen LogP contribution in [0.1, 0.15) is 74.7 Å². The highest BCUT2D eigenvalue weighted by molar-refractivity contribution is 5.79. The summed E-state index contributed by atoms with van der Waals surface area (Å²) in [5.74, 6) is -0.467. The monoisotopic (exact) mass is 430 g/mol. The third kappa shape index (κ3) is 8.25. The Morgan fingerprint density at radius 2 is 1.84 bits per heavy atom. The van der Waals surface area contributed by atoms with Gasteiger partial charge in [-0.25, -0.2) is 0 Å². The van der Waals surface area contributed by atoms with Crippen molar-refractivity contribution in [1.29, 1.82) is 0 Å². The van der Waals surface area contributed by atoms with Gasteiger partial charge in [-0.3, -0.25) is 9.59 Å². The van der Waals surface area contributed by atoms with Crippen LogP contribution in [-0.2, 0) is 14.3 Å². The highest BCUT2D eigenvalue weighted by Gasteiger charge is 2.41. The third-order valence-corrected chi connectivity index (χ3v) is 6.30. The summed E-state index contributed by atoms with van der Waals surface area (Å²) in [7, 11) is 0. The fourth-order valence-electron chi connectivity index (χ4n) is 3.95. The molecule has 0 spiro atoms. The van der Waals surface area contributed by atoms with Crippen molar-refractivity contribution in [3.8, 4) is 0 Å². The molecule has 4 heteroatoms. The Labute approximate surface area is 189 Å². The first-order valence-corrected chi connectivity index (χ1v) is 11.6. The molecule has 0 amide bonds. The minimum absolute atomic E-state index is 0.0272. The standard InChI is InChI=1S/C27H42O4/c1-9-10-12-17(2)13-11-14-19(4)26-22(7)24(27(30)31-26)16-18(3)15-20(5)25(29)21(6)23(8)28/h11,13-17,21-22,24-26,29H,9-10,12H2,1-8H3/b13-11+,18-16+,19-14+,20-15+/t17-,21-,22-,24-,25-,26+/m0/s1. The van der Waals surface area contributed by atoms with Crippen LogP contribution >= 0.6 is 0 Å². The number of ether oxygens (including phenoxy) is 1. The van der Waals surface area contributed by atoms with Crippen molar-refractivity contribution >= 4 is 11.8 Å². The zero-order chi connectivity index (χ0) is 23.7. The van der Waals surface area contributed by atoms with Crippen LogP contribution in [0.4, 0.5) is 0 Å². The largest absolute Gasteiger partial charge is 0.457 e. The molecule has 1 N–H and O–H groups in total. The van der Waals surface area contributed by atoms with E-state index in [1.807, 2.05) is 32.9 Å². The van der Waals surface area contributed by atoms with Gasteiger partial charge >= 0.3 is 5.97 Å². The number of allylic oxidation sites excluding steroid dienone is 5. The Hall–Kier alpha value is -1.94. The molecule has 1 saturated heterocycles. The van der Waals surface area contributed by atoms with E-state index < -0.39 is 12.0 Å². The van der Waals surface area contributed by atoms with Gasteiger partial charge in [0.2, 0.25) is 0 Å². The molecule has 0 aliphatic carbocycles. The quantitative estimate of drug-likeness (QED) is 0.324. The van der Waals surface area contributed by atoms with Gasteiger partial charge in [0.05, 0.1) is 12.0 Å². The molecule has 1 heterocycles. The molecule has 0 radical (unpaired) electrons. The summed E-state index contributed by atoms with van der Waals surface area (Å²) in [6, 6.07) is 0. The van der Waals surface area contributed by atoms with Crippen LogP contribution in [0.3, 0.4) is 0 Å². The molecule has 1 fully saturated rings. The average Bonchev–Trinajstić information content (AvgIpc) is 2.98. The van der Waals surface area contributed by atoms with Crippen molar-refractivity contribution in [3.63, 3.8) is 0 Å². The Morgan fingerprint density at radius 3 is 2.42 bits per heavy atom. The van der Waals surface area contributed by atoms with Gasteiger partial charge in [-0.15, -0.1) is 0 Å². The van der Waals surface area contributed by atoms with E-state index in [1.165, 1.54) is 26.2 Å². The lowest BCUT2D eigenvalue weighted by atomic mass is 9.87. The Morgan fingerprint density at radius 1 is 1.19 bits per heavy atom. The number of rotatable bonds is 11. The lowest BCUT2D eigenvalue weighted by Crippen LogP contribution is -2.24. The molecule has 6 atom stereocenters. The van der Waals surface area contributed by atoms with Crippen molar-refractivity contribution in [2.24, 2.45) is 23.7 Å². The van der Waals surface area contributed by atoms with Crippen molar-refractivity contribution in [1.82, 2.24) is 0 Å². The van der Waals surface area contributed by atoms with Crippen LogP contribution in [0.2, 0.25) is 0 Å². The normalized spacial score (nSPS) is 26.2. The van der Waals surface area contributed by atoms with Gasteiger partial charge in [0.15, 0.2) is 0 Å². The summed E-state index contributed by atoms with van der Waals surface area (Å²) in [4.78, 5) is 24.1. The van der Waals surface area contributed by atoms with Gasteiger partial charge in [-0.05, 0) is 51.2 Å². The molecule has 4 nitrogen and oxygen atoms in total. The van der Waals surface area contributed by atoms with Gasteiger partial charge in [0.25, 0.3) is 0 Å². The number of ketones is 1. The smallest absolute Gasteiger partial charge is 0.313 e. The maximum atomic E-state index is 12.5. The van der Waals surface area contributed by atoms with Gasteiger partial charge in [-0.2, -0.15) is 0 Å². The van der Waals surface area contributed by atoms with E-state index in [9.17, 15) is 14.7 Å². The van der Waals surface area contributed by atoms with Gasteiger partial charge < -0.3 is 9.84 Å². The van der Waals surface area contributed by atoms with Gasteiger partial charge in [0, 0.05) is 11.8 Å². The first-order valence-electron chi connectivity index (χ1n) is 11.6. The molecule has 0 aromatic heterocycles. The number of carbonyl (C=O) groups is 2. The second-order valence-electron chi connectivity index (χ2n) is 9.30. The third-order valence-electron chi connectivity index (χ3n) is 6.30. The van der Waals surface area contributed by atoms with Crippen LogP contribution in [0, 0.1) is 23.7 Å². The molecule has 31 heavy (non-hydrogen) atoms. The molecule has 1 aliphatic heterocycles. The van der Waals surface area contributed by atoms with E-state index in [0.29, 0.717) is 11.5 Å². The zero-order valence-electron chi connectivity index (χ0n) is 20.6. The topological polar surface area (TPSA) is 63.6 Å². The first kappa shape index (κ1) is 27.1. The second-order valence-corrected chi connectivity index (χ2v) is 9.30. The summed E-state index contributed by atoms with van der Waals surface area (Å²) < 4.78 is 5.69. The van der Waals surface area contributed by atoms with Crippen LogP contribution in [0.15, 0.2) is 47.1 Å². The van der Waals surface area contributed by atoms with Crippen LogP contribution < -0.4 is 0 Å². The lowest BCUT2D eigenvalue weighted by molar-refractivity contribution is -0.142. The molecule has 174 valence electrons. The summed E-state index contributed by atoms with van der Waals surface area (Å²) in [5.41, 5.74) is 2.64. The van der Waals surface area contributed by atoms with E-state index in [0.717, 1.165) is 11.1 Å². The van der Waals surface area contributed by atoms with Gasteiger partial charge in [-0.1, -0.05) is 76.5 Å². The van der Waals surface area contributed by atoms with E-state index in [1.54, 1.807) is 13.8 Å². The number of aliphatic hydroxyl groups excluding tert-OH is 1. The number of hydrogen-bond acceptors (Lipinski definition) is 4. The molecular formula is C27H42O4. The molecule has 0 saturated carbocycles. The molecule has 0 unspecified atom stereocenters. The number of aliphatic hydroxyl groups is 1. The van der Waals surface area contributed by atoms with E-state index in [-0.39, 0.29) is 29.7 Å². The number of Topliss-reactive ketones (excluding diaryl/α,β-unsaturated/α-hetero) is 1. The molecule has 0 bridgehead atoms. The number of hydrogen-bond donors (Lipinski definition) is 1.